The Kier molecular flexibility index (Phi) is 3.55. The molecule has 1 N–H and O–H groups in total. The molecular formula is C9H9F2N3OS2. The summed E-state index contributed by atoms with van der Waals surface area (Å²) in [6.45, 7) is -0.604. The van der Waals surface area contributed by atoms with Crippen molar-refractivity contribution in [3.63, 3.8) is 0 Å². The van der Waals surface area contributed by atoms with Crippen molar-refractivity contribution >= 4 is 33.4 Å². The van der Waals surface area contributed by atoms with Crippen molar-refractivity contribution in [1.29, 1.82) is 0 Å². The molecule has 0 aliphatic carbocycles. The standard InChI is InChI=1S/C9H9F2N3OS2/c1-16-8-13-5-4-12-7(14-6(5)17-8)9(10,11)2-3-15/h4,15H,2-3H2,1H3. The van der Waals surface area contributed by atoms with Crippen LogP contribution in [0.3, 0.4) is 0 Å². The van der Waals surface area contributed by atoms with Gasteiger partial charge in [-0.1, -0.05) is 23.1 Å². The maximum absolute atomic E-state index is 13.5. The minimum Gasteiger partial charge on any atom is -0.396 e. The van der Waals surface area contributed by atoms with Gasteiger partial charge in [0.2, 0.25) is 0 Å². The zero-order chi connectivity index (χ0) is 12.5. The second kappa shape index (κ2) is 4.79. The lowest BCUT2D eigenvalue weighted by Crippen LogP contribution is -2.18. The van der Waals surface area contributed by atoms with E-state index in [0.29, 0.717) is 10.3 Å². The minimum absolute atomic E-state index is 0.442. The first-order chi connectivity index (χ1) is 8.06. The van der Waals surface area contributed by atoms with E-state index >= 15 is 0 Å². The molecule has 0 saturated heterocycles. The summed E-state index contributed by atoms with van der Waals surface area (Å²) >= 11 is 2.68. The van der Waals surface area contributed by atoms with E-state index < -0.39 is 24.8 Å². The monoisotopic (exact) mass is 277 g/mol. The van der Waals surface area contributed by atoms with Gasteiger partial charge in [0, 0.05) is 13.0 Å². The highest BCUT2D eigenvalue weighted by Crippen LogP contribution is 2.31. The fourth-order valence-electron chi connectivity index (χ4n) is 1.23. The first kappa shape index (κ1) is 12.6. The number of aliphatic hydroxyl groups is 1. The predicted octanol–water partition coefficient (Wildman–Crippen LogP) is 2.28. The molecule has 0 spiro atoms. The Morgan fingerprint density at radius 3 is 2.88 bits per heavy atom. The van der Waals surface area contributed by atoms with Gasteiger partial charge in [-0.15, -0.1) is 0 Å². The van der Waals surface area contributed by atoms with E-state index in [1.165, 1.54) is 29.3 Å². The van der Waals surface area contributed by atoms with Crippen molar-refractivity contribution in [3.05, 3.63) is 12.0 Å². The second-order valence-corrected chi connectivity index (χ2v) is 5.28. The highest BCUT2D eigenvalue weighted by molar-refractivity contribution is 8.00. The molecule has 0 radical (unpaired) electrons. The molecule has 0 aliphatic rings. The lowest BCUT2D eigenvalue weighted by atomic mass is 10.2. The third-order valence-corrected chi connectivity index (χ3v) is 4.01. The molecule has 0 saturated carbocycles. The number of rotatable bonds is 4. The van der Waals surface area contributed by atoms with E-state index in [0.717, 1.165) is 4.34 Å². The van der Waals surface area contributed by atoms with E-state index in [2.05, 4.69) is 15.0 Å². The summed E-state index contributed by atoms with van der Waals surface area (Å²) in [5.74, 6) is -3.76. The van der Waals surface area contributed by atoms with Gasteiger partial charge >= 0.3 is 5.92 Å². The number of fused-ring (bicyclic) bond motifs is 1. The van der Waals surface area contributed by atoms with Crippen LogP contribution in [0.25, 0.3) is 10.3 Å². The molecule has 17 heavy (non-hydrogen) atoms. The Hall–Kier alpha value is -0.860. The SMILES string of the molecule is CSc1nc2cnc(C(F)(F)CCO)nc2s1. The fourth-order valence-corrected chi connectivity index (χ4v) is 2.64. The van der Waals surface area contributed by atoms with Gasteiger partial charge in [-0.2, -0.15) is 8.78 Å². The van der Waals surface area contributed by atoms with Gasteiger partial charge in [0.15, 0.2) is 10.2 Å². The number of hydrogen-bond acceptors (Lipinski definition) is 6. The van der Waals surface area contributed by atoms with Gasteiger partial charge < -0.3 is 5.11 Å². The molecule has 0 atom stereocenters. The number of nitrogens with zero attached hydrogens (tertiary/aromatic N) is 3. The van der Waals surface area contributed by atoms with Crippen LogP contribution in [0.4, 0.5) is 8.78 Å². The zero-order valence-corrected chi connectivity index (χ0v) is 10.5. The van der Waals surface area contributed by atoms with Crippen molar-refractivity contribution in [2.24, 2.45) is 0 Å². The molecule has 92 valence electrons. The molecule has 2 heterocycles. The highest BCUT2D eigenvalue weighted by Gasteiger charge is 2.34. The van der Waals surface area contributed by atoms with Crippen LogP contribution in [0.2, 0.25) is 0 Å². The molecule has 0 fully saturated rings. The molecule has 2 rings (SSSR count). The Labute approximate surface area is 104 Å². The smallest absolute Gasteiger partial charge is 0.308 e. The second-order valence-electron chi connectivity index (χ2n) is 3.25. The lowest BCUT2D eigenvalue weighted by Gasteiger charge is -2.12. The van der Waals surface area contributed by atoms with Crippen LogP contribution in [-0.2, 0) is 5.92 Å². The van der Waals surface area contributed by atoms with Crippen molar-refractivity contribution in [2.45, 2.75) is 16.7 Å². The summed E-state index contributed by atoms with van der Waals surface area (Å²) < 4.78 is 27.7. The van der Waals surface area contributed by atoms with Crippen molar-refractivity contribution in [1.82, 2.24) is 15.0 Å². The number of hydrogen-bond donors (Lipinski definition) is 1. The summed E-state index contributed by atoms with van der Waals surface area (Å²) in [6.07, 6.45) is 2.47. The van der Waals surface area contributed by atoms with Crippen molar-refractivity contribution in [2.75, 3.05) is 12.9 Å². The number of aliphatic hydroxyl groups excluding tert-OH is 1. The van der Waals surface area contributed by atoms with Gasteiger partial charge in [0.05, 0.1) is 6.20 Å². The quantitative estimate of drug-likeness (QED) is 0.869. The van der Waals surface area contributed by atoms with Crippen LogP contribution >= 0.6 is 23.1 Å². The molecule has 0 aromatic carbocycles. The van der Waals surface area contributed by atoms with E-state index in [1.54, 1.807) is 0 Å². The fraction of sp³-hybridized carbons (Fsp3) is 0.444. The Morgan fingerprint density at radius 2 is 2.24 bits per heavy atom. The van der Waals surface area contributed by atoms with Gasteiger partial charge in [-0.05, 0) is 6.26 Å². The van der Waals surface area contributed by atoms with E-state index in [1.807, 2.05) is 6.26 Å². The molecule has 0 bridgehead atoms. The molecule has 8 heteroatoms. The van der Waals surface area contributed by atoms with Crippen LogP contribution in [-0.4, -0.2) is 32.9 Å². The van der Waals surface area contributed by atoms with Crippen LogP contribution in [0.5, 0.6) is 0 Å². The molecule has 4 nitrogen and oxygen atoms in total. The first-order valence-electron chi connectivity index (χ1n) is 4.73. The normalized spacial score (nSPS) is 12.2. The topological polar surface area (TPSA) is 58.9 Å². The Bertz CT molecular complexity index is 532. The average molecular weight is 277 g/mol. The van der Waals surface area contributed by atoms with Crippen LogP contribution < -0.4 is 0 Å². The zero-order valence-electron chi connectivity index (χ0n) is 8.85. The number of aromatic nitrogens is 3. The highest BCUT2D eigenvalue weighted by atomic mass is 32.2. The number of thiazole rings is 1. The molecule has 0 aliphatic heterocycles. The van der Waals surface area contributed by atoms with E-state index in [4.69, 9.17) is 5.11 Å². The maximum atomic E-state index is 13.5. The summed E-state index contributed by atoms with van der Waals surface area (Å²) in [6, 6.07) is 0. The van der Waals surface area contributed by atoms with Crippen molar-refractivity contribution < 1.29 is 13.9 Å². The van der Waals surface area contributed by atoms with E-state index in [-0.39, 0.29) is 0 Å². The largest absolute Gasteiger partial charge is 0.396 e. The van der Waals surface area contributed by atoms with Crippen molar-refractivity contribution in [3.8, 4) is 0 Å². The molecule has 2 aromatic rings. The summed E-state index contributed by atoms with van der Waals surface area (Å²) in [5.41, 5.74) is 0.517. The third kappa shape index (κ3) is 2.53. The van der Waals surface area contributed by atoms with Gasteiger partial charge in [0.1, 0.15) is 10.3 Å². The number of thioether (sulfide) groups is 1. The Balaban J connectivity index is 2.43. The van der Waals surface area contributed by atoms with Gasteiger partial charge in [-0.25, -0.2) is 15.0 Å². The van der Waals surface area contributed by atoms with Crippen LogP contribution in [0.1, 0.15) is 12.2 Å². The minimum atomic E-state index is -3.20. The third-order valence-electron chi connectivity index (χ3n) is 2.06. The lowest BCUT2D eigenvalue weighted by molar-refractivity contribution is -0.0350. The average Bonchev–Trinajstić information content (AvgIpc) is 2.70. The predicted molar refractivity (Wildman–Crippen MR) is 62.6 cm³/mol. The van der Waals surface area contributed by atoms with Gasteiger partial charge in [0.25, 0.3) is 0 Å². The Morgan fingerprint density at radius 1 is 1.47 bits per heavy atom. The van der Waals surface area contributed by atoms with E-state index in [9.17, 15) is 8.78 Å². The number of alkyl halides is 2. The summed E-state index contributed by atoms with van der Waals surface area (Å²) in [5, 5.41) is 8.57. The molecule has 0 amide bonds. The molecule has 2 aromatic heterocycles. The van der Waals surface area contributed by atoms with Crippen LogP contribution in [0, 0.1) is 0 Å². The first-order valence-corrected chi connectivity index (χ1v) is 6.77. The summed E-state index contributed by atoms with van der Waals surface area (Å²) in [4.78, 5) is 12.0. The molecular weight excluding hydrogens is 268 g/mol. The van der Waals surface area contributed by atoms with Gasteiger partial charge in [-0.3, -0.25) is 0 Å². The van der Waals surface area contributed by atoms with Crippen LogP contribution in [0.15, 0.2) is 10.5 Å². The summed E-state index contributed by atoms with van der Waals surface area (Å²) in [7, 11) is 0. The number of halogens is 2. The molecule has 0 unspecified atom stereocenters. The maximum Gasteiger partial charge on any atom is 0.308 e.